The Kier molecular flexibility index (Phi) is 6.14. The third-order valence-electron chi connectivity index (χ3n) is 3.16. The number of hydrogen-bond acceptors (Lipinski definition) is 5. The summed E-state index contributed by atoms with van der Waals surface area (Å²) < 4.78 is 28.7. The van der Waals surface area contributed by atoms with E-state index in [-0.39, 0.29) is 10.6 Å². The maximum absolute atomic E-state index is 12.1. The first kappa shape index (κ1) is 19.3. The number of carbonyl (C=O) groups excluding carboxylic acids is 2. The molecular weight excluding hydrogens is 459 g/mol. The number of anilines is 1. The lowest BCUT2D eigenvalue weighted by atomic mass is 10.2. The van der Waals surface area contributed by atoms with Gasteiger partial charge in [0.05, 0.1) is 10.5 Å². The first-order valence-corrected chi connectivity index (χ1v) is 9.69. The van der Waals surface area contributed by atoms with Crippen molar-refractivity contribution in [1.29, 1.82) is 0 Å². The molecule has 1 atom stereocenters. The molecule has 132 valence electrons. The highest BCUT2D eigenvalue weighted by atomic mass is 127. The molecule has 1 amide bonds. The molecule has 2 aromatic rings. The summed E-state index contributed by atoms with van der Waals surface area (Å²) in [5.74, 6) is -1.22. The number of carbonyl (C=O) groups is 2. The van der Waals surface area contributed by atoms with E-state index < -0.39 is 28.0 Å². The number of halogens is 1. The number of esters is 1. The highest BCUT2D eigenvalue weighted by molar-refractivity contribution is 14.1. The Morgan fingerprint density at radius 1 is 1.16 bits per heavy atom. The standard InChI is InChI=1S/C16H15IN2O5S/c1-10(24-16(21)11-5-7-12(17)8-6-11)15(20)19-13-3-2-4-14(9-13)25(18,22)23/h2-10H,1H3,(H,19,20)(H2,18,22,23). The van der Waals surface area contributed by atoms with Gasteiger partial charge in [-0.3, -0.25) is 4.79 Å². The SMILES string of the molecule is CC(OC(=O)c1ccc(I)cc1)C(=O)Nc1cccc(S(N)(=O)=O)c1. The first-order valence-electron chi connectivity index (χ1n) is 7.07. The molecule has 0 heterocycles. The largest absolute Gasteiger partial charge is 0.449 e. The third kappa shape index (κ3) is 5.51. The maximum atomic E-state index is 12.1. The fraction of sp³-hybridized carbons (Fsp3) is 0.125. The van der Waals surface area contributed by atoms with Gasteiger partial charge in [0.25, 0.3) is 5.91 Å². The van der Waals surface area contributed by atoms with Crippen LogP contribution in [0.2, 0.25) is 0 Å². The number of sulfonamides is 1. The molecule has 1 unspecified atom stereocenters. The molecule has 0 aliphatic carbocycles. The van der Waals surface area contributed by atoms with Crippen molar-refractivity contribution in [2.75, 3.05) is 5.32 Å². The lowest BCUT2D eigenvalue weighted by Gasteiger charge is -2.14. The molecule has 7 nitrogen and oxygen atoms in total. The Morgan fingerprint density at radius 2 is 1.80 bits per heavy atom. The monoisotopic (exact) mass is 474 g/mol. The number of primary sulfonamides is 1. The van der Waals surface area contributed by atoms with Gasteiger partial charge in [-0.1, -0.05) is 6.07 Å². The highest BCUT2D eigenvalue weighted by Crippen LogP contribution is 2.15. The molecule has 0 spiro atoms. The molecule has 0 saturated carbocycles. The predicted molar refractivity (Wildman–Crippen MR) is 100 cm³/mol. The summed E-state index contributed by atoms with van der Waals surface area (Å²) in [5.41, 5.74) is 0.560. The van der Waals surface area contributed by atoms with Crippen LogP contribution in [0.4, 0.5) is 5.69 Å². The van der Waals surface area contributed by atoms with Crippen LogP contribution >= 0.6 is 22.6 Å². The van der Waals surface area contributed by atoms with Crippen molar-refractivity contribution in [3.8, 4) is 0 Å². The van der Waals surface area contributed by atoms with E-state index in [0.29, 0.717) is 5.56 Å². The van der Waals surface area contributed by atoms with E-state index in [4.69, 9.17) is 9.88 Å². The molecule has 2 aromatic carbocycles. The van der Waals surface area contributed by atoms with Gasteiger partial charge in [-0.15, -0.1) is 0 Å². The van der Waals surface area contributed by atoms with E-state index >= 15 is 0 Å². The molecule has 0 saturated heterocycles. The van der Waals surface area contributed by atoms with Crippen LogP contribution in [-0.4, -0.2) is 26.4 Å². The van der Waals surface area contributed by atoms with Crippen LogP contribution in [0.25, 0.3) is 0 Å². The summed E-state index contributed by atoms with van der Waals surface area (Å²) >= 11 is 2.11. The summed E-state index contributed by atoms with van der Waals surface area (Å²) in [6.45, 7) is 1.42. The smallest absolute Gasteiger partial charge is 0.338 e. The molecule has 9 heteroatoms. The Balaban J connectivity index is 2.03. The van der Waals surface area contributed by atoms with Gasteiger partial charge in [0, 0.05) is 9.26 Å². The van der Waals surface area contributed by atoms with E-state index in [1.54, 1.807) is 24.3 Å². The van der Waals surface area contributed by atoms with Crippen molar-refractivity contribution >= 4 is 50.2 Å². The van der Waals surface area contributed by atoms with Gasteiger partial charge in [0.1, 0.15) is 0 Å². The second kappa shape index (κ2) is 7.93. The molecular formula is C16H15IN2O5S. The van der Waals surface area contributed by atoms with Crippen molar-refractivity contribution in [3.63, 3.8) is 0 Å². The van der Waals surface area contributed by atoms with Crippen molar-refractivity contribution in [1.82, 2.24) is 0 Å². The van der Waals surface area contributed by atoms with Gasteiger partial charge >= 0.3 is 5.97 Å². The Bertz CT molecular complexity index is 897. The van der Waals surface area contributed by atoms with Crippen molar-refractivity contribution in [2.24, 2.45) is 5.14 Å². The molecule has 0 radical (unpaired) electrons. The molecule has 0 aromatic heterocycles. The minimum atomic E-state index is -3.88. The zero-order valence-corrected chi connectivity index (χ0v) is 16.1. The van der Waals surface area contributed by atoms with Gasteiger partial charge in [0.2, 0.25) is 10.0 Å². The van der Waals surface area contributed by atoms with Crippen LogP contribution in [0.1, 0.15) is 17.3 Å². The van der Waals surface area contributed by atoms with Crippen LogP contribution in [0.3, 0.4) is 0 Å². The first-order chi connectivity index (χ1) is 11.7. The second-order valence-corrected chi connectivity index (χ2v) is 7.92. The fourth-order valence-corrected chi connectivity index (χ4v) is 2.78. The molecule has 0 bridgehead atoms. The van der Waals surface area contributed by atoms with Gasteiger partial charge in [-0.05, 0) is 72.0 Å². The lowest BCUT2D eigenvalue weighted by Crippen LogP contribution is -2.30. The van der Waals surface area contributed by atoms with E-state index in [9.17, 15) is 18.0 Å². The number of benzene rings is 2. The van der Waals surface area contributed by atoms with Crippen molar-refractivity contribution in [3.05, 3.63) is 57.7 Å². The highest BCUT2D eigenvalue weighted by Gasteiger charge is 2.19. The van der Waals surface area contributed by atoms with Crippen LogP contribution in [0.5, 0.6) is 0 Å². The quantitative estimate of drug-likeness (QED) is 0.509. The Morgan fingerprint density at radius 3 is 2.40 bits per heavy atom. The van der Waals surface area contributed by atoms with Crippen molar-refractivity contribution in [2.45, 2.75) is 17.9 Å². The Labute approximate surface area is 158 Å². The summed E-state index contributed by atoms with van der Waals surface area (Å²) in [6, 6.07) is 12.2. The molecule has 3 N–H and O–H groups in total. The maximum Gasteiger partial charge on any atom is 0.338 e. The zero-order valence-electron chi connectivity index (χ0n) is 13.1. The summed E-state index contributed by atoms with van der Waals surface area (Å²) in [5, 5.41) is 7.53. The van der Waals surface area contributed by atoms with E-state index in [1.165, 1.54) is 31.2 Å². The van der Waals surface area contributed by atoms with E-state index in [0.717, 1.165) is 3.57 Å². The topological polar surface area (TPSA) is 116 Å². The van der Waals surface area contributed by atoms with Gasteiger partial charge < -0.3 is 10.1 Å². The van der Waals surface area contributed by atoms with Crippen LogP contribution < -0.4 is 10.5 Å². The fourth-order valence-electron chi connectivity index (χ4n) is 1.86. The average Bonchev–Trinajstić information content (AvgIpc) is 2.54. The van der Waals surface area contributed by atoms with E-state index in [1.807, 2.05) is 0 Å². The summed E-state index contributed by atoms with van der Waals surface area (Å²) in [4.78, 5) is 24.0. The summed E-state index contributed by atoms with van der Waals surface area (Å²) in [6.07, 6.45) is -1.06. The number of ether oxygens (including phenoxy) is 1. The summed E-state index contributed by atoms with van der Waals surface area (Å²) in [7, 11) is -3.88. The minimum absolute atomic E-state index is 0.131. The van der Waals surface area contributed by atoms with Crippen LogP contribution in [0.15, 0.2) is 53.4 Å². The van der Waals surface area contributed by atoms with Gasteiger partial charge in [-0.2, -0.15) is 0 Å². The Hall–Kier alpha value is -1.98. The van der Waals surface area contributed by atoms with Gasteiger partial charge in [0.15, 0.2) is 6.10 Å². The molecule has 25 heavy (non-hydrogen) atoms. The molecule has 0 aliphatic heterocycles. The van der Waals surface area contributed by atoms with Crippen LogP contribution in [0, 0.1) is 3.57 Å². The molecule has 0 fully saturated rings. The van der Waals surface area contributed by atoms with Crippen molar-refractivity contribution < 1.29 is 22.7 Å². The third-order valence-corrected chi connectivity index (χ3v) is 4.79. The number of amides is 1. The number of nitrogens with two attached hydrogens (primary N) is 1. The molecule has 0 aliphatic rings. The molecule has 2 rings (SSSR count). The van der Waals surface area contributed by atoms with E-state index in [2.05, 4.69) is 27.9 Å². The predicted octanol–water partition coefficient (Wildman–Crippen LogP) is 2.12. The zero-order chi connectivity index (χ0) is 18.6. The normalized spacial score (nSPS) is 12.3. The lowest BCUT2D eigenvalue weighted by molar-refractivity contribution is -0.123. The number of rotatable bonds is 5. The number of nitrogens with one attached hydrogen (secondary N) is 1. The average molecular weight is 474 g/mol. The van der Waals surface area contributed by atoms with Crippen LogP contribution in [-0.2, 0) is 19.6 Å². The van der Waals surface area contributed by atoms with Gasteiger partial charge in [-0.25, -0.2) is 18.4 Å². The second-order valence-electron chi connectivity index (χ2n) is 5.12. The number of hydrogen-bond donors (Lipinski definition) is 2. The minimum Gasteiger partial charge on any atom is -0.449 e.